The fourth-order valence-corrected chi connectivity index (χ4v) is 2.95. The number of carboxylic acids is 1. The van der Waals surface area contributed by atoms with Gasteiger partial charge in [-0.05, 0) is 37.1 Å². The molecule has 0 bridgehead atoms. The van der Waals surface area contributed by atoms with Gasteiger partial charge in [0.1, 0.15) is 0 Å². The van der Waals surface area contributed by atoms with Crippen LogP contribution in [0.1, 0.15) is 12.8 Å². The molecule has 2 unspecified atom stereocenters. The third kappa shape index (κ3) is 2.53. The van der Waals surface area contributed by atoms with Gasteiger partial charge in [-0.2, -0.15) is 0 Å². The van der Waals surface area contributed by atoms with Gasteiger partial charge in [0.05, 0.1) is 6.10 Å². The van der Waals surface area contributed by atoms with E-state index in [1.54, 1.807) is 0 Å². The summed E-state index contributed by atoms with van der Waals surface area (Å²) in [6.45, 7) is 0.703. The van der Waals surface area contributed by atoms with Crippen LogP contribution in [0.4, 0.5) is 0 Å². The summed E-state index contributed by atoms with van der Waals surface area (Å²) in [4.78, 5) is 10.9. The minimum absolute atomic E-state index is 0.0136. The minimum atomic E-state index is -0.858. The Balaban J connectivity index is 1.77. The van der Waals surface area contributed by atoms with Gasteiger partial charge in [-0.15, -0.1) is 0 Å². The first-order valence-corrected chi connectivity index (χ1v) is 7.05. The molecule has 1 fully saturated rings. The first-order valence-electron chi connectivity index (χ1n) is 6.26. The second-order valence-corrected chi connectivity index (χ2v) is 5.75. The molecule has 2 atom stereocenters. The molecule has 5 heteroatoms. The molecule has 1 aliphatic rings. The van der Waals surface area contributed by atoms with Gasteiger partial charge in [-0.25, -0.2) is 4.79 Å². The van der Waals surface area contributed by atoms with E-state index < -0.39 is 12.1 Å². The number of fused-ring (bicyclic) bond motifs is 1. The van der Waals surface area contributed by atoms with Crippen LogP contribution in [-0.4, -0.2) is 27.9 Å². The van der Waals surface area contributed by atoms with Crippen LogP contribution in [0, 0.1) is 0 Å². The number of carbonyl (C=O) groups is 1. The van der Waals surface area contributed by atoms with Crippen LogP contribution in [0.15, 0.2) is 34.9 Å². The molecule has 2 heterocycles. The summed E-state index contributed by atoms with van der Waals surface area (Å²) in [5.74, 6) is -0.858. The van der Waals surface area contributed by atoms with Gasteiger partial charge in [-0.3, -0.25) is 0 Å². The Hall–Kier alpha value is -1.33. The maximum absolute atomic E-state index is 10.9. The van der Waals surface area contributed by atoms with E-state index in [1.165, 1.54) is 5.39 Å². The van der Waals surface area contributed by atoms with Crippen LogP contribution in [0.5, 0.6) is 0 Å². The molecule has 1 aromatic heterocycles. The van der Waals surface area contributed by atoms with Crippen molar-refractivity contribution in [3.05, 3.63) is 34.9 Å². The van der Waals surface area contributed by atoms with Gasteiger partial charge in [0, 0.05) is 28.1 Å². The molecule has 3 rings (SSSR count). The lowest BCUT2D eigenvalue weighted by Gasteiger charge is -2.13. The number of benzene rings is 1. The van der Waals surface area contributed by atoms with Gasteiger partial charge in [0.15, 0.2) is 6.10 Å². The first-order chi connectivity index (χ1) is 9.13. The van der Waals surface area contributed by atoms with Crippen molar-refractivity contribution < 1.29 is 14.6 Å². The van der Waals surface area contributed by atoms with Crippen molar-refractivity contribution in [1.29, 1.82) is 0 Å². The minimum Gasteiger partial charge on any atom is -0.479 e. The Morgan fingerprint density at radius 1 is 1.42 bits per heavy atom. The number of hydrogen-bond donors (Lipinski definition) is 1. The smallest absolute Gasteiger partial charge is 0.332 e. The average Bonchev–Trinajstić information content (AvgIpc) is 2.97. The first kappa shape index (κ1) is 12.7. The zero-order valence-corrected chi connectivity index (χ0v) is 11.8. The van der Waals surface area contributed by atoms with Gasteiger partial charge in [0.2, 0.25) is 0 Å². The Kier molecular flexibility index (Phi) is 3.33. The summed E-state index contributed by atoms with van der Waals surface area (Å²) in [5, 5.41) is 10.1. The number of hydrogen-bond acceptors (Lipinski definition) is 2. The van der Waals surface area contributed by atoms with Crippen molar-refractivity contribution >= 4 is 32.8 Å². The van der Waals surface area contributed by atoms with Crippen molar-refractivity contribution in [3.63, 3.8) is 0 Å². The van der Waals surface area contributed by atoms with Gasteiger partial charge in [0.25, 0.3) is 0 Å². The SMILES string of the molecule is O=C(O)C1CCC(Cn2ccc3cc(Br)ccc32)O1. The molecule has 0 radical (unpaired) electrons. The molecule has 2 aromatic rings. The highest BCUT2D eigenvalue weighted by atomic mass is 79.9. The standard InChI is InChI=1S/C14H14BrNO3/c15-10-1-3-12-9(7-10)5-6-16(12)8-11-2-4-13(19-11)14(17)18/h1,3,5-7,11,13H,2,4,8H2,(H,17,18). The summed E-state index contributed by atoms with van der Waals surface area (Å²) in [6, 6.07) is 8.20. The number of ether oxygens (including phenoxy) is 1. The topological polar surface area (TPSA) is 51.5 Å². The monoisotopic (exact) mass is 323 g/mol. The van der Waals surface area contributed by atoms with Crippen molar-refractivity contribution in [2.45, 2.75) is 31.6 Å². The van der Waals surface area contributed by atoms with E-state index in [-0.39, 0.29) is 6.10 Å². The lowest BCUT2D eigenvalue weighted by atomic mass is 10.2. The van der Waals surface area contributed by atoms with Crippen LogP contribution in [-0.2, 0) is 16.1 Å². The zero-order chi connectivity index (χ0) is 13.4. The molecular formula is C14H14BrNO3. The second kappa shape index (κ2) is 4.98. The molecule has 1 aromatic carbocycles. The Morgan fingerprint density at radius 3 is 3.00 bits per heavy atom. The van der Waals surface area contributed by atoms with Gasteiger partial charge in [-0.1, -0.05) is 15.9 Å². The lowest BCUT2D eigenvalue weighted by Crippen LogP contribution is -2.22. The van der Waals surface area contributed by atoms with Crippen LogP contribution in [0.25, 0.3) is 10.9 Å². The summed E-state index contributed by atoms with van der Waals surface area (Å²) >= 11 is 3.45. The van der Waals surface area contributed by atoms with E-state index in [1.807, 2.05) is 12.3 Å². The van der Waals surface area contributed by atoms with Crippen molar-refractivity contribution in [3.8, 4) is 0 Å². The molecule has 1 saturated heterocycles. The quantitative estimate of drug-likeness (QED) is 0.944. The molecule has 1 N–H and O–H groups in total. The second-order valence-electron chi connectivity index (χ2n) is 4.83. The third-order valence-electron chi connectivity index (χ3n) is 3.52. The predicted octanol–water partition coefficient (Wildman–Crippen LogP) is 3.04. The number of aliphatic carboxylic acids is 1. The van der Waals surface area contributed by atoms with Crippen LogP contribution in [0.2, 0.25) is 0 Å². The molecule has 0 spiro atoms. The summed E-state index contributed by atoms with van der Waals surface area (Å²) in [7, 11) is 0. The molecule has 1 aliphatic heterocycles. The molecule has 0 saturated carbocycles. The van der Waals surface area contributed by atoms with Crippen LogP contribution in [0.3, 0.4) is 0 Å². The molecule has 0 aliphatic carbocycles. The van der Waals surface area contributed by atoms with E-state index in [0.29, 0.717) is 13.0 Å². The van der Waals surface area contributed by atoms with E-state index >= 15 is 0 Å². The lowest BCUT2D eigenvalue weighted by molar-refractivity contribution is -0.149. The van der Waals surface area contributed by atoms with E-state index in [9.17, 15) is 4.79 Å². The molecule has 100 valence electrons. The fourth-order valence-electron chi connectivity index (χ4n) is 2.57. The normalized spacial score (nSPS) is 23.0. The van der Waals surface area contributed by atoms with Gasteiger partial charge >= 0.3 is 5.97 Å². The molecule has 19 heavy (non-hydrogen) atoms. The average molecular weight is 324 g/mol. The Labute approximate surface area is 119 Å². The summed E-state index contributed by atoms with van der Waals surface area (Å²) < 4.78 is 8.72. The highest BCUT2D eigenvalue weighted by Crippen LogP contribution is 2.25. The molecule has 4 nitrogen and oxygen atoms in total. The van der Waals surface area contributed by atoms with E-state index in [4.69, 9.17) is 9.84 Å². The number of nitrogens with zero attached hydrogens (tertiary/aromatic N) is 1. The Morgan fingerprint density at radius 2 is 2.26 bits per heavy atom. The predicted molar refractivity (Wildman–Crippen MR) is 75.2 cm³/mol. The van der Waals surface area contributed by atoms with Crippen molar-refractivity contribution in [1.82, 2.24) is 4.57 Å². The molecule has 0 amide bonds. The third-order valence-corrected chi connectivity index (χ3v) is 4.01. The number of halogens is 1. The summed E-state index contributed by atoms with van der Waals surface area (Å²) in [6.07, 6.45) is 2.77. The Bertz CT molecular complexity index is 622. The summed E-state index contributed by atoms with van der Waals surface area (Å²) in [5.41, 5.74) is 1.14. The fraction of sp³-hybridized carbons (Fsp3) is 0.357. The van der Waals surface area contributed by atoms with Crippen molar-refractivity contribution in [2.75, 3.05) is 0 Å². The van der Waals surface area contributed by atoms with E-state index in [0.717, 1.165) is 16.4 Å². The van der Waals surface area contributed by atoms with Crippen LogP contribution < -0.4 is 0 Å². The maximum atomic E-state index is 10.9. The number of carboxylic acid groups (broad SMARTS) is 1. The maximum Gasteiger partial charge on any atom is 0.332 e. The molecular weight excluding hydrogens is 310 g/mol. The highest BCUT2D eigenvalue weighted by Gasteiger charge is 2.30. The number of rotatable bonds is 3. The zero-order valence-electron chi connectivity index (χ0n) is 10.3. The van der Waals surface area contributed by atoms with Crippen LogP contribution >= 0.6 is 15.9 Å². The van der Waals surface area contributed by atoms with Gasteiger partial charge < -0.3 is 14.4 Å². The largest absolute Gasteiger partial charge is 0.479 e. The van der Waals surface area contributed by atoms with Crippen molar-refractivity contribution in [2.24, 2.45) is 0 Å². The highest BCUT2D eigenvalue weighted by molar-refractivity contribution is 9.10. The van der Waals surface area contributed by atoms with E-state index in [2.05, 4.69) is 38.7 Å². The number of aromatic nitrogens is 1.